The third kappa shape index (κ3) is 2.56. The first-order valence-corrected chi connectivity index (χ1v) is 6.49. The lowest BCUT2D eigenvalue weighted by molar-refractivity contribution is 0.390. The van der Waals surface area contributed by atoms with Crippen LogP contribution in [-0.2, 0) is 19.6 Å². The lowest BCUT2D eigenvalue weighted by atomic mass is 10.2. The Labute approximate surface area is 109 Å². The average molecular weight is 249 g/mol. The summed E-state index contributed by atoms with van der Waals surface area (Å²) in [6.07, 6.45) is 1.06. The highest BCUT2D eigenvalue weighted by molar-refractivity contribution is 5.76. The van der Waals surface area contributed by atoms with Crippen molar-refractivity contribution in [3.05, 3.63) is 17.0 Å². The summed E-state index contributed by atoms with van der Waals surface area (Å²) < 4.78 is 2.14. The van der Waals surface area contributed by atoms with Gasteiger partial charge in [0.2, 0.25) is 0 Å². The number of amidine groups is 1. The van der Waals surface area contributed by atoms with E-state index in [0.29, 0.717) is 5.84 Å². The zero-order valence-corrected chi connectivity index (χ0v) is 11.8. The molecule has 5 nitrogen and oxygen atoms in total. The van der Waals surface area contributed by atoms with E-state index in [-0.39, 0.29) is 0 Å². The van der Waals surface area contributed by atoms with Crippen molar-refractivity contribution in [3.63, 3.8) is 0 Å². The zero-order valence-electron chi connectivity index (χ0n) is 11.8. The van der Waals surface area contributed by atoms with E-state index in [0.717, 1.165) is 32.6 Å². The summed E-state index contributed by atoms with van der Waals surface area (Å²) in [5, 5.41) is 12.5. The fourth-order valence-electron chi connectivity index (χ4n) is 2.43. The van der Waals surface area contributed by atoms with Gasteiger partial charge in [0, 0.05) is 19.6 Å². The van der Waals surface area contributed by atoms with Gasteiger partial charge in [-0.3, -0.25) is 10.1 Å². The van der Waals surface area contributed by atoms with Crippen LogP contribution in [0.5, 0.6) is 0 Å². The highest BCUT2D eigenvalue weighted by Gasteiger charge is 2.20. The van der Waals surface area contributed by atoms with Gasteiger partial charge in [-0.05, 0) is 39.9 Å². The van der Waals surface area contributed by atoms with Gasteiger partial charge < -0.3 is 9.80 Å². The highest BCUT2D eigenvalue weighted by Crippen LogP contribution is 2.20. The number of fused-ring (bicyclic) bond motifs is 1. The van der Waals surface area contributed by atoms with Crippen molar-refractivity contribution < 1.29 is 0 Å². The smallest absolute Gasteiger partial charge is 0.0929 e. The number of hydrogen-bond acceptors (Lipinski definition) is 3. The number of rotatable bonds is 2. The minimum absolute atomic E-state index is 0.651. The predicted molar refractivity (Wildman–Crippen MR) is 72.8 cm³/mol. The molecule has 0 saturated heterocycles. The third-order valence-corrected chi connectivity index (χ3v) is 3.50. The summed E-state index contributed by atoms with van der Waals surface area (Å²) in [4.78, 5) is 4.28. The molecule has 0 aromatic carbocycles. The third-order valence-electron chi connectivity index (χ3n) is 3.50. The number of aromatic nitrogens is 2. The van der Waals surface area contributed by atoms with E-state index in [2.05, 4.69) is 35.5 Å². The van der Waals surface area contributed by atoms with Gasteiger partial charge in [-0.1, -0.05) is 0 Å². The molecule has 0 bridgehead atoms. The Morgan fingerprint density at radius 2 is 2.11 bits per heavy atom. The van der Waals surface area contributed by atoms with Crippen LogP contribution in [0.4, 0.5) is 0 Å². The Morgan fingerprint density at radius 1 is 1.39 bits per heavy atom. The van der Waals surface area contributed by atoms with Gasteiger partial charge in [0.15, 0.2) is 0 Å². The Hall–Kier alpha value is -1.36. The average Bonchev–Trinajstić information content (AvgIpc) is 2.50. The van der Waals surface area contributed by atoms with Gasteiger partial charge in [0.25, 0.3) is 0 Å². The molecule has 2 rings (SSSR count). The molecule has 0 aliphatic carbocycles. The van der Waals surface area contributed by atoms with E-state index in [1.54, 1.807) is 0 Å². The Bertz CT molecular complexity index is 446. The minimum Gasteiger partial charge on any atom is -0.355 e. The number of aryl methyl sites for hydroxylation is 1. The molecule has 5 heteroatoms. The van der Waals surface area contributed by atoms with E-state index in [4.69, 9.17) is 10.5 Å². The molecule has 1 aromatic heterocycles. The van der Waals surface area contributed by atoms with Crippen LogP contribution in [0.2, 0.25) is 0 Å². The molecule has 0 spiro atoms. The molecular formula is C13H23N5. The lowest BCUT2D eigenvalue weighted by Crippen LogP contribution is -2.28. The largest absolute Gasteiger partial charge is 0.355 e. The van der Waals surface area contributed by atoms with Crippen LogP contribution in [0.15, 0.2) is 0 Å². The summed E-state index contributed by atoms with van der Waals surface area (Å²) in [5.41, 5.74) is 3.73. The van der Waals surface area contributed by atoms with Crippen LogP contribution in [0, 0.1) is 12.3 Å². The minimum atomic E-state index is 0.651. The number of nitrogens with zero attached hydrogens (tertiary/aromatic N) is 4. The SMILES string of the molecule is CC(=N)N1CCCn2nc(CN(C)C)c(C)c2C1. The van der Waals surface area contributed by atoms with Crippen molar-refractivity contribution in [2.75, 3.05) is 20.6 Å². The molecule has 0 radical (unpaired) electrons. The first-order valence-electron chi connectivity index (χ1n) is 6.49. The van der Waals surface area contributed by atoms with Gasteiger partial charge in [0.1, 0.15) is 0 Å². The van der Waals surface area contributed by atoms with Crippen molar-refractivity contribution in [3.8, 4) is 0 Å². The van der Waals surface area contributed by atoms with Crippen molar-refractivity contribution >= 4 is 5.84 Å². The predicted octanol–water partition coefficient (Wildman–Crippen LogP) is 1.46. The van der Waals surface area contributed by atoms with Crippen molar-refractivity contribution in [2.24, 2.45) is 0 Å². The second kappa shape index (κ2) is 5.10. The summed E-state index contributed by atoms with van der Waals surface area (Å²) in [5.74, 6) is 0.651. The molecule has 1 aliphatic heterocycles. The van der Waals surface area contributed by atoms with E-state index in [1.165, 1.54) is 17.0 Å². The second-order valence-corrected chi connectivity index (χ2v) is 5.34. The molecular weight excluding hydrogens is 226 g/mol. The Morgan fingerprint density at radius 3 is 2.72 bits per heavy atom. The molecule has 1 aromatic rings. The zero-order chi connectivity index (χ0) is 13.3. The quantitative estimate of drug-likeness (QED) is 0.637. The molecule has 0 unspecified atom stereocenters. The van der Waals surface area contributed by atoms with Crippen molar-refractivity contribution in [2.45, 2.75) is 39.9 Å². The van der Waals surface area contributed by atoms with Gasteiger partial charge in [-0.25, -0.2) is 0 Å². The fraction of sp³-hybridized carbons (Fsp3) is 0.692. The molecule has 18 heavy (non-hydrogen) atoms. The van der Waals surface area contributed by atoms with Gasteiger partial charge in [-0.15, -0.1) is 0 Å². The first kappa shape index (κ1) is 13.1. The molecule has 1 aliphatic rings. The first-order chi connectivity index (χ1) is 8.49. The van der Waals surface area contributed by atoms with Crippen LogP contribution >= 0.6 is 0 Å². The maximum absolute atomic E-state index is 7.81. The van der Waals surface area contributed by atoms with E-state index < -0.39 is 0 Å². The van der Waals surface area contributed by atoms with E-state index >= 15 is 0 Å². The number of nitrogens with one attached hydrogen (secondary N) is 1. The highest BCUT2D eigenvalue weighted by atomic mass is 15.3. The topological polar surface area (TPSA) is 48.2 Å². The van der Waals surface area contributed by atoms with Gasteiger partial charge in [-0.2, -0.15) is 5.10 Å². The molecule has 0 fully saturated rings. The molecule has 100 valence electrons. The monoisotopic (exact) mass is 249 g/mol. The summed E-state index contributed by atoms with van der Waals surface area (Å²) >= 11 is 0. The van der Waals surface area contributed by atoms with Crippen molar-refractivity contribution in [1.29, 1.82) is 5.41 Å². The Balaban J connectivity index is 2.29. The number of hydrogen-bond donors (Lipinski definition) is 1. The maximum Gasteiger partial charge on any atom is 0.0929 e. The van der Waals surface area contributed by atoms with Crippen LogP contribution in [-0.4, -0.2) is 46.1 Å². The standard InChI is InChI=1S/C13H23N5/c1-10-12(8-16(3)4)15-18-7-5-6-17(11(2)14)9-13(10)18/h14H,5-9H2,1-4H3. The molecule has 2 heterocycles. The van der Waals surface area contributed by atoms with Crippen LogP contribution in [0.3, 0.4) is 0 Å². The van der Waals surface area contributed by atoms with E-state index in [9.17, 15) is 0 Å². The molecule has 0 saturated carbocycles. The van der Waals surface area contributed by atoms with Crippen LogP contribution in [0.1, 0.15) is 30.3 Å². The lowest BCUT2D eigenvalue weighted by Gasteiger charge is -2.20. The van der Waals surface area contributed by atoms with Crippen molar-refractivity contribution in [1.82, 2.24) is 19.6 Å². The van der Waals surface area contributed by atoms with Crippen LogP contribution < -0.4 is 0 Å². The summed E-state index contributed by atoms with van der Waals surface area (Å²) in [6, 6.07) is 0. The summed E-state index contributed by atoms with van der Waals surface area (Å²) in [7, 11) is 4.13. The summed E-state index contributed by atoms with van der Waals surface area (Å²) in [6.45, 7) is 7.65. The Kier molecular flexibility index (Phi) is 3.71. The maximum atomic E-state index is 7.81. The normalized spacial score (nSPS) is 15.7. The molecule has 1 N–H and O–H groups in total. The van der Waals surface area contributed by atoms with Crippen LogP contribution in [0.25, 0.3) is 0 Å². The van der Waals surface area contributed by atoms with Gasteiger partial charge in [0.05, 0.1) is 23.8 Å². The van der Waals surface area contributed by atoms with E-state index in [1.807, 2.05) is 6.92 Å². The molecule has 0 atom stereocenters. The molecule has 0 amide bonds. The second-order valence-electron chi connectivity index (χ2n) is 5.34. The van der Waals surface area contributed by atoms with Gasteiger partial charge >= 0.3 is 0 Å². The fourth-order valence-corrected chi connectivity index (χ4v) is 2.43.